The van der Waals surface area contributed by atoms with E-state index < -0.39 is 0 Å². The molecular formula is C13H16BrClN2O. The van der Waals surface area contributed by atoms with Crippen LogP contribution in [0.25, 0.3) is 0 Å². The predicted molar refractivity (Wildman–Crippen MR) is 75.8 cm³/mol. The minimum atomic E-state index is -0.132. The van der Waals surface area contributed by atoms with Crippen molar-refractivity contribution in [3.8, 4) is 0 Å². The van der Waals surface area contributed by atoms with E-state index in [2.05, 4.69) is 33.2 Å². The summed E-state index contributed by atoms with van der Waals surface area (Å²) in [5.41, 5.74) is 0.434. The van der Waals surface area contributed by atoms with E-state index in [1.54, 1.807) is 12.3 Å². The lowest BCUT2D eigenvalue weighted by Gasteiger charge is -2.29. The predicted octanol–water partition coefficient (Wildman–Crippen LogP) is 3.81. The van der Waals surface area contributed by atoms with E-state index in [9.17, 15) is 4.79 Å². The quantitative estimate of drug-likeness (QED) is 0.837. The summed E-state index contributed by atoms with van der Waals surface area (Å²) in [5.74, 6) is 0.397. The van der Waals surface area contributed by atoms with Crippen molar-refractivity contribution < 1.29 is 4.79 Å². The van der Waals surface area contributed by atoms with E-state index in [0.29, 0.717) is 11.5 Å². The second kappa shape index (κ2) is 6.02. The second-order valence-corrected chi connectivity index (χ2v) is 6.11. The molecule has 18 heavy (non-hydrogen) atoms. The third-order valence-corrected chi connectivity index (χ3v) is 4.21. The Labute approximate surface area is 120 Å². The van der Waals surface area contributed by atoms with Crippen molar-refractivity contribution >= 4 is 33.4 Å². The number of halogens is 2. The van der Waals surface area contributed by atoms with Crippen molar-refractivity contribution in [1.82, 2.24) is 10.3 Å². The average Bonchev–Trinajstić information content (AvgIpc) is 2.35. The molecule has 1 amide bonds. The average molecular weight is 332 g/mol. The van der Waals surface area contributed by atoms with Crippen LogP contribution in [0.4, 0.5) is 0 Å². The van der Waals surface area contributed by atoms with Crippen molar-refractivity contribution in [3.05, 3.63) is 27.5 Å². The molecule has 0 saturated heterocycles. The number of hydrogen-bond donors (Lipinski definition) is 1. The van der Waals surface area contributed by atoms with Gasteiger partial charge in [-0.3, -0.25) is 4.79 Å². The maximum absolute atomic E-state index is 12.2. The summed E-state index contributed by atoms with van der Waals surface area (Å²) in [6, 6.07) is 1.96. The van der Waals surface area contributed by atoms with Gasteiger partial charge in [0.05, 0.1) is 5.56 Å². The van der Waals surface area contributed by atoms with Crippen molar-refractivity contribution in [2.75, 3.05) is 0 Å². The summed E-state index contributed by atoms with van der Waals surface area (Å²) in [5, 5.41) is 3.32. The van der Waals surface area contributed by atoms with E-state index >= 15 is 0 Å². The molecule has 98 valence electrons. The molecule has 0 spiro atoms. The molecule has 1 aromatic rings. The number of rotatable bonds is 2. The largest absolute Gasteiger partial charge is 0.349 e. The van der Waals surface area contributed by atoms with Crippen LogP contribution in [0.5, 0.6) is 0 Å². The Bertz CT molecular complexity index is 453. The summed E-state index contributed by atoms with van der Waals surface area (Å²) < 4.78 is 0.758. The number of pyridine rings is 1. The monoisotopic (exact) mass is 330 g/mol. The molecule has 0 aromatic carbocycles. The molecule has 2 unspecified atom stereocenters. The minimum Gasteiger partial charge on any atom is -0.349 e. The van der Waals surface area contributed by atoms with Gasteiger partial charge in [-0.25, -0.2) is 4.98 Å². The third-order valence-electron chi connectivity index (χ3n) is 3.48. The number of aromatic nitrogens is 1. The minimum absolute atomic E-state index is 0.132. The molecule has 1 aliphatic rings. The molecule has 0 bridgehead atoms. The van der Waals surface area contributed by atoms with E-state index in [1.807, 2.05) is 0 Å². The van der Waals surface area contributed by atoms with Crippen LogP contribution in [-0.4, -0.2) is 16.9 Å². The van der Waals surface area contributed by atoms with Gasteiger partial charge in [-0.2, -0.15) is 0 Å². The summed E-state index contributed by atoms with van der Waals surface area (Å²) >= 11 is 9.25. The van der Waals surface area contributed by atoms with Crippen LogP contribution in [0.2, 0.25) is 5.15 Å². The van der Waals surface area contributed by atoms with Crippen LogP contribution in [0.1, 0.15) is 43.0 Å². The van der Waals surface area contributed by atoms with Gasteiger partial charge in [-0.15, -0.1) is 0 Å². The van der Waals surface area contributed by atoms with Crippen LogP contribution in [0.3, 0.4) is 0 Å². The molecular weight excluding hydrogens is 316 g/mol. The van der Waals surface area contributed by atoms with E-state index in [4.69, 9.17) is 11.6 Å². The van der Waals surface area contributed by atoms with Gasteiger partial charge in [-0.05, 0) is 40.8 Å². The standard InChI is InChI=1S/C13H16BrClN2O/c1-8-4-2-3-5-11(8)17-13(18)10-6-9(14)7-16-12(10)15/h6-8,11H,2-5H2,1H3,(H,17,18). The van der Waals surface area contributed by atoms with Crippen LogP contribution in [-0.2, 0) is 0 Å². The Hall–Kier alpha value is -0.610. The van der Waals surface area contributed by atoms with Crippen LogP contribution in [0.15, 0.2) is 16.7 Å². The lowest BCUT2D eigenvalue weighted by atomic mass is 9.86. The smallest absolute Gasteiger partial charge is 0.254 e. The van der Waals surface area contributed by atoms with Gasteiger partial charge in [0, 0.05) is 16.7 Å². The first-order valence-electron chi connectivity index (χ1n) is 6.20. The van der Waals surface area contributed by atoms with Gasteiger partial charge >= 0.3 is 0 Å². The van der Waals surface area contributed by atoms with Gasteiger partial charge in [-0.1, -0.05) is 31.4 Å². The molecule has 1 heterocycles. The molecule has 3 nitrogen and oxygen atoms in total. The fourth-order valence-corrected chi connectivity index (χ4v) is 2.88. The Morgan fingerprint density at radius 2 is 2.22 bits per heavy atom. The van der Waals surface area contributed by atoms with Crippen molar-refractivity contribution in [3.63, 3.8) is 0 Å². The molecule has 2 rings (SSSR count). The molecule has 0 aliphatic heterocycles. The third kappa shape index (κ3) is 3.23. The Morgan fingerprint density at radius 1 is 1.50 bits per heavy atom. The topological polar surface area (TPSA) is 42.0 Å². The van der Waals surface area contributed by atoms with E-state index in [-0.39, 0.29) is 17.1 Å². The highest BCUT2D eigenvalue weighted by atomic mass is 79.9. The number of carbonyl (C=O) groups excluding carboxylic acids is 1. The Balaban J connectivity index is 2.09. The molecule has 1 aromatic heterocycles. The molecule has 1 aliphatic carbocycles. The first kappa shape index (κ1) is 13.8. The summed E-state index contributed by atoms with van der Waals surface area (Å²) in [4.78, 5) is 16.1. The zero-order valence-corrected chi connectivity index (χ0v) is 12.6. The SMILES string of the molecule is CC1CCCCC1NC(=O)c1cc(Br)cnc1Cl. The summed E-state index contributed by atoms with van der Waals surface area (Å²) in [7, 11) is 0. The maximum Gasteiger partial charge on any atom is 0.254 e. The number of amides is 1. The lowest BCUT2D eigenvalue weighted by molar-refractivity contribution is 0.0910. The van der Waals surface area contributed by atoms with E-state index in [1.165, 1.54) is 19.3 Å². The van der Waals surface area contributed by atoms with Gasteiger partial charge in [0.1, 0.15) is 5.15 Å². The molecule has 1 N–H and O–H groups in total. The summed E-state index contributed by atoms with van der Waals surface area (Å²) in [6.07, 6.45) is 6.25. The van der Waals surface area contributed by atoms with Crippen LogP contribution >= 0.6 is 27.5 Å². The first-order chi connectivity index (χ1) is 8.58. The van der Waals surface area contributed by atoms with Gasteiger partial charge in [0.25, 0.3) is 5.91 Å². The van der Waals surface area contributed by atoms with Crippen LogP contribution in [0, 0.1) is 5.92 Å². The zero-order valence-electron chi connectivity index (χ0n) is 10.2. The van der Waals surface area contributed by atoms with Crippen LogP contribution < -0.4 is 5.32 Å². The lowest BCUT2D eigenvalue weighted by Crippen LogP contribution is -2.41. The fourth-order valence-electron chi connectivity index (χ4n) is 2.36. The molecule has 5 heteroatoms. The number of carbonyl (C=O) groups is 1. The normalized spacial score (nSPS) is 23.7. The number of nitrogens with zero attached hydrogens (tertiary/aromatic N) is 1. The summed E-state index contributed by atoms with van der Waals surface area (Å²) in [6.45, 7) is 2.19. The van der Waals surface area contributed by atoms with Crippen molar-refractivity contribution in [2.24, 2.45) is 5.92 Å². The van der Waals surface area contributed by atoms with Gasteiger partial charge in [0.2, 0.25) is 0 Å². The Morgan fingerprint density at radius 3 is 2.94 bits per heavy atom. The second-order valence-electron chi connectivity index (χ2n) is 4.83. The fraction of sp³-hybridized carbons (Fsp3) is 0.538. The number of hydrogen-bond acceptors (Lipinski definition) is 2. The van der Waals surface area contributed by atoms with Gasteiger partial charge < -0.3 is 5.32 Å². The highest BCUT2D eigenvalue weighted by Gasteiger charge is 2.24. The van der Waals surface area contributed by atoms with E-state index in [0.717, 1.165) is 10.9 Å². The first-order valence-corrected chi connectivity index (χ1v) is 7.37. The maximum atomic E-state index is 12.2. The molecule has 1 fully saturated rings. The highest BCUT2D eigenvalue weighted by Crippen LogP contribution is 2.25. The van der Waals surface area contributed by atoms with Crippen molar-refractivity contribution in [2.45, 2.75) is 38.6 Å². The van der Waals surface area contributed by atoms with Crippen molar-refractivity contribution in [1.29, 1.82) is 0 Å². The highest BCUT2D eigenvalue weighted by molar-refractivity contribution is 9.10. The zero-order chi connectivity index (χ0) is 13.1. The molecule has 0 radical (unpaired) electrons. The molecule has 2 atom stereocenters. The van der Waals surface area contributed by atoms with Gasteiger partial charge in [0.15, 0.2) is 0 Å². The number of nitrogens with one attached hydrogen (secondary N) is 1. The Kier molecular flexibility index (Phi) is 4.62. The molecule has 1 saturated carbocycles.